The molecule has 1 aliphatic heterocycles. The molecule has 1 aromatic rings. The van der Waals surface area contributed by atoms with Gasteiger partial charge in [-0.25, -0.2) is 9.88 Å². The summed E-state index contributed by atoms with van der Waals surface area (Å²) in [6.45, 7) is 1.60. The number of hydrogen-bond donors (Lipinski definition) is 6. The molecule has 2 rings (SSSR count). The Morgan fingerprint density at radius 1 is 1.52 bits per heavy atom. The van der Waals surface area contributed by atoms with Gasteiger partial charge >= 0.3 is 5.69 Å². The van der Waals surface area contributed by atoms with E-state index >= 15 is 0 Å². The molecule has 0 saturated carbocycles. The minimum absolute atomic E-state index is 0.205. The number of aliphatic hydroxyl groups is 2. The fourth-order valence-corrected chi connectivity index (χ4v) is 2.37. The zero-order valence-corrected chi connectivity index (χ0v) is 14.4. The van der Waals surface area contributed by atoms with E-state index in [9.17, 15) is 14.7 Å². The molecule has 12 heteroatoms. The van der Waals surface area contributed by atoms with Crippen LogP contribution in [0.4, 0.5) is 0 Å². The number of H-pyrrole nitrogens is 1. The van der Waals surface area contributed by atoms with Crippen molar-refractivity contribution in [3.63, 3.8) is 0 Å². The summed E-state index contributed by atoms with van der Waals surface area (Å²) in [6, 6.07) is 1.85. The minimum atomic E-state index is -2.01. The quantitative estimate of drug-likeness (QED) is 0.255. The number of hydrogen-bond acceptors (Lipinski definition) is 9. The molecule has 0 unspecified atom stereocenters. The van der Waals surface area contributed by atoms with Gasteiger partial charge in [0.05, 0.1) is 18.8 Å². The smallest absolute Gasteiger partial charge is 0.330 e. The monoisotopic (exact) mass is 376 g/mol. The summed E-state index contributed by atoms with van der Waals surface area (Å²) in [4.78, 5) is 41.3. The van der Waals surface area contributed by atoms with Gasteiger partial charge in [-0.1, -0.05) is 0 Å². The van der Waals surface area contributed by atoms with E-state index in [0.717, 1.165) is 0 Å². The van der Waals surface area contributed by atoms with Gasteiger partial charge in [0, 0.05) is 31.1 Å². The molecular formula is C13H21N4O7P. The molecular weight excluding hydrogens is 355 g/mol. The molecule has 2 heterocycles. The van der Waals surface area contributed by atoms with Gasteiger partial charge in [-0.05, 0) is 6.92 Å². The molecule has 0 radical (unpaired) electrons. The van der Waals surface area contributed by atoms with Crippen LogP contribution in [0.1, 0.15) is 24.6 Å². The molecule has 0 aliphatic carbocycles. The Morgan fingerprint density at radius 2 is 2.20 bits per heavy atom. The summed E-state index contributed by atoms with van der Waals surface area (Å²) in [5.41, 5.74) is -0.643. The van der Waals surface area contributed by atoms with Gasteiger partial charge in [0.1, 0.15) is 12.3 Å². The normalized spacial score (nSPS) is 22.4. The van der Waals surface area contributed by atoms with Crippen molar-refractivity contribution in [3.05, 3.63) is 32.6 Å². The van der Waals surface area contributed by atoms with E-state index in [2.05, 4.69) is 10.1 Å². The second kappa shape index (κ2) is 10.4. The average molecular weight is 376 g/mol. The SMILES string of the molecule is Cc1cn([C@H]2C[C@H](O)[C@@H](CO)O2)c(=O)[nH]c1=O.N#CCCNP(O)O. The fraction of sp³-hybridized carbons (Fsp3) is 0.615. The highest BCUT2D eigenvalue weighted by molar-refractivity contribution is 7.42. The molecule has 0 bridgehead atoms. The molecule has 1 aromatic heterocycles. The standard InChI is InChI=1S/C10H14N2O5.C3H7N2O2P/c1-5-3-12(10(16)11-9(5)15)8-2-6(14)7(4-13)17-8;4-2-1-3-5-8(6)7/h3,6-8,13-14H,2,4H2,1H3,(H,11,15,16);5-7H,1,3H2/t6-,7+,8+;/m0./s1. The molecule has 0 amide bonds. The summed E-state index contributed by atoms with van der Waals surface area (Å²) in [6.07, 6.45) is -0.275. The van der Waals surface area contributed by atoms with Gasteiger partial charge in [0.25, 0.3) is 5.56 Å². The van der Waals surface area contributed by atoms with Crippen LogP contribution < -0.4 is 16.3 Å². The molecule has 140 valence electrons. The first-order chi connectivity index (χ1) is 11.8. The summed E-state index contributed by atoms with van der Waals surface area (Å²) in [7, 11) is -2.01. The Labute approximate surface area is 144 Å². The molecule has 1 saturated heterocycles. The Morgan fingerprint density at radius 3 is 2.72 bits per heavy atom. The molecule has 3 atom stereocenters. The van der Waals surface area contributed by atoms with Gasteiger partial charge in [0.2, 0.25) is 8.53 Å². The van der Waals surface area contributed by atoms with Crippen LogP contribution in [0.2, 0.25) is 0 Å². The largest absolute Gasteiger partial charge is 0.394 e. The average Bonchev–Trinajstić information content (AvgIpc) is 2.92. The van der Waals surface area contributed by atoms with Crippen LogP contribution in [-0.4, -0.2) is 54.9 Å². The number of nitrogens with zero attached hydrogens (tertiary/aromatic N) is 2. The number of aliphatic hydroxyl groups excluding tert-OH is 2. The van der Waals surface area contributed by atoms with E-state index in [1.54, 1.807) is 6.92 Å². The topological polar surface area (TPSA) is 181 Å². The van der Waals surface area contributed by atoms with Crippen molar-refractivity contribution in [2.45, 2.75) is 38.2 Å². The van der Waals surface area contributed by atoms with Gasteiger partial charge in [-0.3, -0.25) is 14.3 Å². The van der Waals surface area contributed by atoms with E-state index in [1.807, 2.05) is 6.07 Å². The number of nitrogens with one attached hydrogen (secondary N) is 2. The van der Waals surface area contributed by atoms with E-state index in [0.29, 0.717) is 18.5 Å². The van der Waals surface area contributed by atoms with Crippen LogP contribution in [-0.2, 0) is 4.74 Å². The number of rotatable bonds is 5. The summed E-state index contributed by atoms with van der Waals surface area (Å²) in [5.74, 6) is 0. The number of aromatic nitrogens is 2. The number of aromatic amines is 1. The maximum atomic E-state index is 11.6. The Bertz CT molecular complexity index is 699. The van der Waals surface area contributed by atoms with Crippen LogP contribution in [0.25, 0.3) is 0 Å². The zero-order valence-electron chi connectivity index (χ0n) is 13.5. The summed E-state index contributed by atoms with van der Waals surface area (Å²) < 4.78 is 6.54. The molecule has 1 aliphatic rings. The highest BCUT2D eigenvalue weighted by atomic mass is 31.2. The fourth-order valence-electron chi connectivity index (χ4n) is 2.06. The molecule has 25 heavy (non-hydrogen) atoms. The second-order valence-electron chi connectivity index (χ2n) is 5.20. The third-order valence-electron chi connectivity index (χ3n) is 3.33. The van der Waals surface area contributed by atoms with Crippen LogP contribution in [0.15, 0.2) is 15.8 Å². The van der Waals surface area contributed by atoms with E-state index in [1.165, 1.54) is 10.8 Å². The van der Waals surface area contributed by atoms with Crippen molar-refractivity contribution in [2.75, 3.05) is 13.2 Å². The Balaban J connectivity index is 0.000000333. The van der Waals surface area contributed by atoms with Gasteiger partial charge in [0.15, 0.2) is 0 Å². The first kappa shape index (κ1) is 21.4. The van der Waals surface area contributed by atoms with E-state index < -0.39 is 38.2 Å². The van der Waals surface area contributed by atoms with Crippen LogP contribution in [0.3, 0.4) is 0 Å². The van der Waals surface area contributed by atoms with Crippen molar-refractivity contribution in [2.24, 2.45) is 0 Å². The maximum Gasteiger partial charge on any atom is 0.330 e. The number of ether oxygens (including phenoxy) is 1. The number of aryl methyl sites for hydroxylation is 1. The maximum absolute atomic E-state index is 11.6. The molecule has 0 spiro atoms. The molecule has 11 nitrogen and oxygen atoms in total. The van der Waals surface area contributed by atoms with Crippen molar-refractivity contribution in [1.82, 2.24) is 14.6 Å². The predicted octanol–water partition coefficient (Wildman–Crippen LogP) is -1.81. The third-order valence-corrected chi connectivity index (χ3v) is 3.84. The predicted molar refractivity (Wildman–Crippen MR) is 87.3 cm³/mol. The molecule has 0 aromatic carbocycles. The highest BCUT2D eigenvalue weighted by Crippen LogP contribution is 2.27. The first-order valence-electron chi connectivity index (χ1n) is 7.35. The minimum Gasteiger partial charge on any atom is -0.394 e. The lowest BCUT2D eigenvalue weighted by molar-refractivity contribution is -0.0459. The lowest BCUT2D eigenvalue weighted by Crippen LogP contribution is -2.33. The van der Waals surface area contributed by atoms with Crippen molar-refractivity contribution in [1.29, 1.82) is 5.26 Å². The van der Waals surface area contributed by atoms with E-state index in [-0.39, 0.29) is 13.0 Å². The first-order valence-corrected chi connectivity index (χ1v) is 8.59. The lowest BCUT2D eigenvalue weighted by Gasteiger charge is -2.14. The highest BCUT2D eigenvalue weighted by Gasteiger charge is 2.34. The van der Waals surface area contributed by atoms with Gasteiger partial charge in [-0.15, -0.1) is 0 Å². The van der Waals surface area contributed by atoms with Gasteiger partial charge < -0.3 is 24.7 Å². The second-order valence-corrected chi connectivity index (χ2v) is 6.09. The van der Waals surface area contributed by atoms with Gasteiger partial charge in [-0.2, -0.15) is 5.26 Å². The van der Waals surface area contributed by atoms with Crippen LogP contribution in [0, 0.1) is 18.3 Å². The Kier molecular flexibility index (Phi) is 8.88. The van der Waals surface area contributed by atoms with Crippen molar-refractivity contribution < 1.29 is 24.7 Å². The zero-order chi connectivity index (χ0) is 19.0. The molecule has 1 fully saturated rings. The van der Waals surface area contributed by atoms with Crippen LogP contribution in [0.5, 0.6) is 0 Å². The lowest BCUT2D eigenvalue weighted by atomic mass is 10.2. The summed E-state index contributed by atoms with van der Waals surface area (Å²) in [5, 5.41) is 28.7. The summed E-state index contributed by atoms with van der Waals surface area (Å²) >= 11 is 0. The number of nitriles is 1. The van der Waals surface area contributed by atoms with E-state index in [4.69, 9.17) is 24.9 Å². The third kappa shape index (κ3) is 6.64. The van der Waals surface area contributed by atoms with Crippen molar-refractivity contribution >= 4 is 8.53 Å². The van der Waals surface area contributed by atoms with Crippen LogP contribution >= 0.6 is 8.53 Å². The molecule has 6 N–H and O–H groups in total. The Hall–Kier alpha value is -1.64. The van der Waals surface area contributed by atoms with Crippen molar-refractivity contribution in [3.8, 4) is 6.07 Å².